The van der Waals surface area contributed by atoms with E-state index >= 15 is 0 Å². The van der Waals surface area contributed by atoms with Crippen LogP contribution in [0.4, 0.5) is 14.6 Å². The summed E-state index contributed by atoms with van der Waals surface area (Å²) < 4.78 is 31.9. The zero-order valence-corrected chi connectivity index (χ0v) is 13.7. The van der Waals surface area contributed by atoms with E-state index in [0.717, 1.165) is 0 Å². The molecule has 0 saturated heterocycles. The fraction of sp³-hybridized carbons (Fsp3) is 0. The standard InChI is InChI=1S/C19H12F2N4O2/c20-11-1-4-13(5-2-11)27-17-10-22-8-7-15(17)19(26)23-18-14-6-3-12(21)9-16(14)24-25-18/h1-10H,(H2,23,24,25,26). The Bertz CT molecular complexity index is 1130. The quantitative estimate of drug-likeness (QED) is 0.565. The van der Waals surface area contributed by atoms with Crippen molar-refractivity contribution in [3.05, 3.63) is 78.1 Å². The van der Waals surface area contributed by atoms with E-state index in [0.29, 0.717) is 16.7 Å². The Labute approximate surface area is 151 Å². The van der Waals surface area contributed by atoms with Crippen LogP contribution >= 0.6 is 0 Å². The second-order valence-corrected chi connectivity index (χ2v) is 5.64. The van der Waals surface area contributed by atoms with E-state index in [2.05, 4.69) is 20.5 Å². The first-order valence-corrected chi connectivity index (χ1v) is 7.92. The minimum atomic E-state index is -0.479. The van der Waals surface area contributed by atoms with Crippen molar-refractivity contribution < 1.29 is 18.3 Å². The molecule has 134 valence electrons. The van der Waals surface area contributed by atoms with Crippen LogP contribution in [-0.4, -0.2) is 21.1 Å². The van der Waals surface area contributed by atoms with Gasteiger partial charge in [-0.25, -0.2) is 8.78 Å². The van der Waals surface area contributed by atoms with Gasteiger partial charge >= 0.3 is 0 Å². The summed E-state index contributed by atoms with van der Waals surface area (Å²) in [7, 11) is 0. The number of carbonyl (C=O) groups excluding carboxylic acids is 1. The van der Waals surface area contributed by atoms with Crippen molar-refractivity contribution in [2.24, 2.45) is 0 Å². The molecule has 0 unspecified atom stereocenters. The second-order valence-electron chi connectivity index (χ2n) is 5.64. The third-order valence-electron chi connectivity index (χ3n) is 3.83. The van der Waals surface area contributed by atoms with Gasteiger partial charge in [-0.2, -0.15) is 5.10 Å². The number of carbonyl (C=O) groups is 1. The first-order valence-electron chi connectivity index (χ1n) is 7.92. The van der Waals surface area contributed by atoms with Gasteiger partial charge < -0.3 is 10.1 Å². The molecule has 27 heavy (non-hydrogen) atoms. The molecule has 0 fully saturated rings. The van der Waals surface area contributed by atoms with Crippen LogP contribution in [0.3, 0.4) is 0 Å². The minimum absolute atomic E-state index is 0.201. The maximum Gasteiger partial charge on any atom is 0.260 e. The number of nitrogens with zero attached hydrogens (tertiary/aromatic N) is 2. The number of hydrogen-bond acceptors (Lipinski definition) is 4. The molecular weight excluding hydrogens is 354 g/mol. The lowest BCUT2D eigenvalue weighted by Gasteiger charge is -2.10. The highest BCUT2D eigenvalue weighted by molar-refractivity contribution is 6.09. The van der Waals surface area contributed by atoms with Crippen molar-refractivity contribution in [2.45, 2.75) is 0 Å². The van der Waals surface area contributed by atoms with E-state index in [1.165, 1.54) is 60.9 Å². The smallest absolute Gasteiger partial charge is 0.260 e. The molecule has 4 rings (SSSR count). The van der Waals surface area contributed by atoms with Gasteiger partial charge in [0, 0.05) is 11.6 Å². The van der Waals surface area contributed by atoms with Crippen molar-refractivity contribution in [3.8, 4) is 11.5 Å². The summed E-state index contributed by atoms with van der Waals surface area (Å²) in [6, 6.07) is 11.0. The van der Waals surface area contributed by atoms with Crippen molar-refractivity contribution in [1.29, 1.82) is 0 Å². The second kappa shape index (κ2) is 6.83. The summed E-state index contributed by atoms with van der Waals surface area (Å²) in [4.78, 5) is 16.6. The summed E-state index contributed by atoms with van der Waals surface area (Å²) in [6.07, 6.45) is 2.83. The van der Waals surface area contributed by atoms with E-state index in [1.54, 1.807) is 0 Å². The molecule has 1 amide bonds. The van der Waals surface area contributed by atoms with Gasteiger partial charge in [-0.15, -0.1) is 0 Å². The number of aromatic nitrogens is 3. The van der Waals surface area contributed by atoms with Crippen molar-refractivity contribution in [1.82, 2.24) is 15.2 Å². The number of pyridine rings is 1. The van der Waals surface area contributed by atoms with Gasteiger partial charge in [0.2, 0.25) is 0 Å². The summed E-state index contributed by atoms with van der Waals surface area (Å²) in [5.74, 6) is -0.458. The molecule has 4 aromatic rings. The van der Waals surface area contributed by atoms with Crippen molar-refractivity contribution >= 4 is 22.6 Å². The monoisotopic (exact) mass is 366 g/mol. The van der Waals surface area contributed by atoms with Gasteiger partial charge in [0.15, 0.2) is 11.6 Å². The van der Waals surface area contributed by atoms with Crippen LogP contribution in [0.25, 0.3) is 10.9 Å². The molecule has 0 aliphatic carbocycles. The Kier molecular flexibility index (Phi) is 4.21. The molecule has 2 aromatic heterocycles. The fourth-order valence-electron chi connectivity index (χ4n) is 2.54. The SMILES string of the molecule is O=C(Nc1n[nH]c2cc(F)ccc12)c1ccncc1Oc1ccc(F)cc1. The predicted octanol–water partition coefficient (Wildman–Crippen LogP) is 4.28. The molecular formula is C19H12F2N4O2. The third-order valence-corrected chi connectivity index (χ3v) is 3.83. The summed E-state index contributed by atoms with van der Waals surface area (Å²) in [5, 5.41) is 9.90. The van der Waals surface area contributed by atoms with Gasteiger partial charge in [0.1, 0.15) is 17.4 Å². The first-order chi connectivity index (χ1) is 13.1. The molecule has 0 aliphatic rings. The highest BCUT2D eigenvalue weighted by atomic mass is 19.1. The molecule has 0 spiro atoms. The largest absolute Gasteiger partial charge is 0.455 e. The number of amides is 1. The molecule has 2 heterocycles. The first kappa shape index (κ1) is 16.6. The number of rotatable bonds is 4. The Morgan fingerprint density at radius 1 is 1.04 bits per heavy atom. The van der Waals surface area contributed by atoms with Gasteiger partial charge in [-0.05, 0) is 48.5 Å². The number of ether oxygens (including phenoxy) is 1. The van der Waals surface area contributed by atoms with Crippen LogP contribution in [0.2, 0.25) is 0 Å². The van der Waals surface area contributed by atoms with Gasteiger partial charge in [-0.1, -0.05) is 0 Å². The number of fused-ring (bicyclic) bond motifs is 1. The Morgan fingerprint density at radius 3 is 2.63 bits per heavy atom. The van der Waals surface area contributed by atoms with E-state index in [4.69, 9.17) is 4.74 Å². The number of halogens is 2. The molecule has 8 heteroatoms. The minimum Gasteiger partial charge on any atom is -0.455 e. The fourth-order valence-corrected chi connectivity index (χ4v) is 2.54. The Morgan fingerprint density at radius 2 is 1.81 bits per heavy atom. The number of anilines is 1. The highest BCUT2D eigenvalue weighted by Gasteiger charge is 2.16. The van der Waals surface area contributed by atoms with Crippen LogP contribution in [0, 0.1) is 11.6 Å². The van der Waals surface area contributed by atoms with E-state index in [9.17, 15) is 13.6 Å². The summed E-state index contributed by atoms with van der Waals surface area (Å²) >= 11 is 0. The molecule has 2 aromatic carbocycles. The van der Waals surface area contributed by atoms with Crippen molar-refractivity contribution in [3.63, 3.8) is 0 Å². The Balaban J connectivity index is 1.61. The average molecular weight is 366 g/mol. The topological polar surface area (TPSA) is 79.9 Å². The van der Waals surface area contributed by atoms with Gasteiger partial charge in [0.05, 0.1) is 17.3 Å². The maximum absolute atomic E-state index is 13.3. The molecule has 0 radical (unpaired) electrons. The maximum atomic E-state index is 13.3. The third kappa shape index (κ3) is 3.45. The molecule has 6 nitrogen and oxygen atoms in total. The van der Waals surface area contributed by atoms with Crippen LogP contribution in [0.15, 0.2) is 60.9 Å². The molecule has 0 bridgehead atoms. The number of H-pyrrole nitrogens is 1. The lowest BCUT2D eigenvalue weighted by molar-refractivity contribution is 0.102. The summed E-state index contributed by atoms with van der Waals surface area (Å²) in [6.45, 7) is 0. The van der Waals surface area contributed by atoms with Crippen LogP contribution in [0.1, 0.15) is 10.4 Å². The van der Waals surface area contributed by atoms with E-state index in [1.807, 2.05) is 0 Å². The molecule has 0 atom stereocenters. The van der Waals surface area contributed by atoms with Gasteiger partial charge in [-0.3, -0.25) is 14.9 Å². The zero-order valence-electron chi connectivity index (χ0n) is 13.7. The molecule has 2 N–H and O–H groups in total. The van der Waals surface area contributed by atoms with E-state index in [-0.39, 0.29) is 17.1 Å². The van der Waals surface area contributed by atoms with Crippen LogP contribution < -0.4 is 10.1 Å². The van der Waals surface area contributed by atoms with Gasteiger partial charge in [0.25, 0.3) is 5.91 Å². The van der Waals surface area contributed by atoms with Crippen molar-refractivity contribution in [2.75, 3.05) is 5.32 Å². The molecule has 0 aliphatic heterocycles. The Hall–Kier alpha value is -3.81. The number of benzene rings is 2. The lowest BCUT2D eigenvalue weighted by atomic mass is 10.2. The highest BCUT2D eigenvalue weighted by Crippen LogP contribution is 2.26. The average Bonchev–Trinajstić information content (AvgIpc) is 3.06. The van der Waals surface area contributed by atoms with E-state index < -0.39 is 17.5 Å². The van der Waals surface area contributed by atoms with Crippen LogP contribution in [0.5, 0.6) is 11.5 Å². The number of hydrogen-bond donors (Lipinski definition) is 2. The lowest BCUT2D eigenvalue weighted by Crippen LogP contribution is -2.13. The predicted molar refractivity (Wildman–Crippen MR) is 94.7 cm³/mol. The summed E-state index contributed by atoms with van der Waals surface area (Å²) in [5.41, 5.74) is 0.676. The normalized spacial score (nSPS) is 10.7. The number of nitrogens with one attached hydrogen (secondary N) is 2. The number of aromatic amines is 1. The zero-order chi connectivity index (χ0) is 18.8. The molecule has 0 saturated carbocycles. The van der Waals surface area contributed by atoms with Crippen LogP contribution in [-0.2, 0) is 0 Å².